The van der Waals surface area contributed by atoms with Crippen LogP contribution < -0.4 is 4.74 Å². The van der Waals surface area contributed by atoms with Gasteiger partial charge in [0, 0.05) is 13.1 Å². The molecule has 1 aliphatic heterocycles. The Morgan fingerprint density at radius 1 is 1.04 bits per heavy atom. The first kappa shape index (κ1) is 19.9. The van der Waals surface area contributed by atoms with E-state index < -0.39 is 5.41 Å². The van der Waals surface area contributed by atoms with Gasteiger partial charge in [0.15, 0.2) is 0 Å². The normalized spacial score (nSPS) is 15.7. The molecule has 0 spiro atoms. The average Bonchev–Trinajstić information content (AvgIpc) is 2.75. The van der Waals surface area contributed by atoms with E-state index in [0.717, 1.165) is 5.56 Å². The maximum Gasteiger partial charge on any atom is 0.316 e. The summed E-state index contributed by atoms with van der Waals surface area (Å²) in [5, 5.41) is 0. The molecule has 0 unspecified atom stereocenters. The molecule has 3 rings (SSSR count). The van der Waals surface area contributed by atoms with Gasteiger partial charge in [-0.05, 0) is 42.7 Å². The molecule has 1 aliphatic rings. The van der Waals surface area contributed by atoms with Crippen molar-refractivity contribution in [2.45, 2.75) is 24.7 Å². The number of nitrogens with zero attached hydrogens (tertiary/aromatic N) is 1. The number of benzene rings is 2. The van der Waals surface area contributed by atoms with Crippen LogP contribution in [0.15, 0.2) is 54.6 Å². The monoisotopic (exact) mass is 385 g/mol. The van der Waals surface area contributed by atoms with E-state index in [9.17, 15) is 14.0 Å². The summed E-state index contributed by atoms with van der Waals surface area (Å²) in [7, 11) is 1.40. The van der Waals surface area contributed by atoms with Crippen LogP contribution in [0.2, 0.25) is 0 Å². The molecule has 6 heteroatoms. The number of carbonyl (C=O) groups excluding carboxylic acids is 2. The van der Waals surface area contributed by atoms with E-state index in [1.807, 2.05) is 30.3 Å². The molecule has 2 aromatic rings. The number of hydrogen-bond donors (Lipinski definition) is 0. The largest absolute Gasteiger partial charge is 0.493 e. The van der Waals surface area contributed by atoms with E-state index in [-0.39, 0.29) is 30.7 Å². The number of esters is 1. The first-order valence-electron chi connectivity index (χ1n) is 9.35. The van der Waals surface area contributed by atoms with Crippen LogP contribution in [0.5, 0.6) is 5.75 Å². The molecule has 0 radical (unpaired) electrons. The highest BCUT2D eigenvalue weighted by molar-refractivity contribution is 5.84. The second kappa shape index (κ2) is 8.87. The van der Waals surface area contributed by atoms with Crippen LogP contribution in [0.25, 0.3) is 0 Å². The molecule has 2 aromatic carbocycles. The minimum Gasteiger partial charge on any atom is -0.493 e. The zero-order valence-corrected chi connectivity index (χ0v) is 15.9. The molecule has 0 atom stereocenters. The summed E-state index contributed by atoms with van der Waals surface area (Å²) in [5.74, 6) is -0.0787. The van der Waals surface area contributed by atoms with Gasteiger partial charge in [0.1, 0.15) is 11.6 Å². The highest BCUT2D eigenvalue weighted by atomic mass is 19.1. The van der Waals surface area contributed by atoms with E-state index in [0.29, 0.717) is 31.7 Å². The molecule has 0 aromatic heterocycles. The van der Waals surface area contributed by atoms with Crippen molar-refractivity contribution in [2.75, 3.05) is 26.8 Å². The summed E-state index contributed by atoms with van der Waals surface area (Å²) < 4.78 is 23.5. The summed E-state index contributed by atoms with van der Waals surface area (Å²) in [4.78, 5) is 26.8. The Morgan fingerprint density at radius 2 is 1.68 bits per heavy atom. The van der Waals surface area contributed by atoms with Gasteiger partial charge in [0.25, 0.3) is 0 Å². The van der Waals surface area contributed by atoms with Gasteiger partial charge in [-0.15, -0.1) is 0 Å². The van der Waals surface area contributed by atoms with Crippen molar-refractivity contribution in [1.29, 1.82) is 0 Å². The number of methoxy groups -OCH3 is 1. The van der Waals surface area contributed by atoms with Crippen molar-refractivity contribution >= 4 is 11.9 Å². The predicted octanol–water partition coefficient (Wildman–Crippen LogP) is 3.33. The maximum absolute atomic E-state index is 12.9. The Labute approximate surface area is 164 Å². The molecule has 148 valence electrons. The molecular formula is C22H24FNO4. The molecule has 1 amide bonds. The van der Waals surface area contributed by atoms with Gasteiger partial charge in [0.05, 0.1) is 25.6 Å². The van der Waals surface area contributed by atoms with Crippen molar-refractivity contribution in [3.63, 3.8) is 0 Å². The van der Waals surface area contributed by atoms with Crippen LogP contribution in [0.1, 0.15) is 24.8 Å². The maximum atomic E-state index is 12.9. The van der Waals surface area contributed by atoms with Crippen molar-refractivity contribution in [3.8, 4) is 5.75 Å². The Bertz CT molecular complexity index is 799. The Morgan fingerprint density at radius 3 is 2.29 bits per heavy atom. The summed E-state index contributed by atoms with van der Waals surface area (Å²) in [5.41, 5.74) is 0.214. The highest BCUT2D eigenvalue weighted by Gasteiger charge is 2.44. The number of likely N-dealkylation sites (tertiary alicyclic amines) is 1. The van der Waals surface area contributed by atoms with E-state index in [1.54, 1.807) is 4.90 Å². The third-order valence-electron chi connectivity index (χ3n) is 5.27. The molecule has 1 saturated heterocycles. The number of hydrogen-bond acceptors (Lipinski definition) is 4. The number of amides is 1. The minimum absolute atomic E-state index is 0.0198. The van der Waals surface area contributed by atoms with Gasteiger partial charge in [-0.2, -0.15) is 0 Å². The van der Waals surface area contributed by atoms with E-state index in [2.05, 4.69) is 0 Å². The zero-order valence-electron chi connectivity index (χ0n) is 15.9. The van der Waals surface area contributed by atoms with Crippen LogP contribution in [0.3, 0.4) is 0 Å². The number of piperidine rings is 1. The lowest BCUT2D eigenvalue weighted by Gasteiger charge is -2.40. The van der Waals surface area contributed by atoms with E-state index in [1.165, 1.54) is 31.4 Å². The lowest BCUT2D eigenvalue weighted by atomic mass is 9.72. The molecular weight excluding hydrogens is 361 g/mol. The molecule has 0 saturated carbocycles. The van der Waals surface area contributed by atoms with Gasteiger partial charge >= 0.3 is 5.97 Å². The molecule has 0 N–H and O–H groups in total. The van der Waals surface area contributed by atoms with Crippen LogP contribution in [-0.4, -0.2) is 43.6 Å². The summed E-state index contributed by atoms with van der Waals surface area (Å²) >= 11 is 0. The average molecular weight is 385 g/mol. The fourth-order valence-corrected chi connectivity index (χ4v) is 3.65. The Kier molecular flexibility index (Phi) is 6.29. The first-order chi connectivity index (χ1) is 13.5. The number of carbonyl (C=O) groups is 2. The van der Waals surface area contributed by atoms with Gasteiger partial charge in [-0.25, -0.2) is 4.39 Å². The third-order valence-corrected chi connectivity index (χ3v) is 5.27. The Hall–Kier alpha value is -2.89. The molecule has 1 heterocycles. The fraction of sp³-hybridized carbons (Fsp3) is 0.364. The van der Waals surface area contributed by atoms with Gasteiger partial charge < -0.3 is 14.4 Å². The number of rotatable bonds is 6. The number of ether oxygens (including phenoxy) is 2. The van der Waals surface area contributed by atoms with Crippen LogP contribution in [0, 0.1) is 5.82 Å². The standard InChI is InChI=1S/C22H24FNO4/c1-27-21(26)22(17-5-3-2-4-6-17)12-14-24(15-13-22)20(25)11-16-28-19-9-7-18(23)8-10-19/h2-10H,11-16H2,1H3. The van der Waals surface area contributed by atoms with Gasteiger partial charge in [-0.1, -0.05) is 30.3 Å². The van der Waals surface area contributed by atoms with Crippen LogP contribution in [0.4, 0.5) is 4.39 Å². The van der Waals surface area contributed by atoms with Crippen molar-refractivity contribution in [1.82, 2.24) is 4.90 Å². The highest BCUT2D eigenvalue weighted by Crippen LogP contribution is 2.36. The molecule has 0 aliphatic carbocycles. The van der Waals surface area contributed by atoms with Gasteiger partial charge in [0.2, 0.25) is 5.91 Å². The van der Waals surface area contributed by atoms with Crippen molar-refractivity contribution < 1.29 is 23.5 Å². The van der Waals surface area contributed by atoms with Gasteiger partial charge in [-0.3, -0.25) is 9.59 Å². The molecule has 0 bridgehead atoms. The second-order valence-corrected chi connectivity index (χ2v) is 6.87. The minimum atomic E-state index is -0.711. The Balaban J connectivity index is 1.56. The smallest absolute Gasteiger partial charge is 0.316 e. The SMILES string of the molecule is COC(=O)C1(c2ccccc2)CCN(C(=O)CCOc2ccc(F)cc2)CC1. The van der Waals surface area contributed by atoms with Crippen molar-refractivity contribution in [3.05, 3.63) is 66.0 Å². The molecule has 28 heavy (non-hydrogen) atoms. The summed E-state index contributed by atoms with van der Waals surface area (Å²) in [6, 6.07) is 15.3. The summed E-state index contributed by atoms with van der Waals surface area (Å²) in [6.07, 6.45) is 1.27. The van der Waals surface area contributed by atoms with E-state index in [4.69, 9.17) is 9.47 Å². The molecule has 1 fully saturated rings. The lowest BCUT2D eigenvalue weighted by Crippen LogP contribution is -2.49. The quantitative estimate of drug-likeness (QED) is 0.716. The zero-order chi connectivity index (χ0) is 20.0. The topological polar surface area (TPSA) is 55.8 Å². The predicted molar refractivity (Wildman–Crippen MR) is 102 cm³/mol. The third kappa shape index (κ3) is 4.32. The fourth-order valence-electron chi connectivity index (χ4n) is 3.65. The van der Waals surface area contributed by atoms with Crippen LogP contribution >= 0.6 is 0 Å². The van der Waals surface area contributed by atoms with Crippen LogP contribution in [-0.2, 0) is 19.7 Å². The molecule has 5 nitrogen and oxygen atoms in total. The number of halogens is 1. The van der Waals surface area contributed by atoms with Crippen molar-refractivity contribution in [2.24, 2.45) is 0 Å². The second-order valence-electron chi connectivity index (χ2n) is 6.87. The summed E-state index contributed by atoms with van der Waals surface area (Å²) in [6.45, 7) is 1.19. The van der Waals surface area contributed by atoms with E-state index >= 15 is 0 Å². The first-order valence-corrected chi connectivity index (χ1v) is 9.35. The lowest BCUT2D eigenvalue weighted by molar-refractivity contribution is -0.151.